The summed E-state index contributed by atoms with van der Waals surface area (Å²) in [5.74, 6) is 0.192. The summed E-state index contributed by atoms with van der Waals surface area (Å²) in [4.78, 5) is 38.7. The topological polar surface area (TPSA) is 113 Å². The van der Waals surface area contributed by atoms with Gasteiger partial charge in [-0.1, -0.05) is 0 Å². The van der Waals surface area contributed by atoms with Crippen molar-refractivity contribution in [3.05, 3.63) is 60.7 Å². The zero-order chi connectivity index (χ0) is 19.9. The van der Waals surface area contributed by atoms with Gasteiger partial charge in [0.1, 0.15) is 0 Å². The highest BCUT2D eigenvalue weighted by molar-refractivity contribution is 5.88. The number of esters is 2. The fraction of sp³-hybridized carbons (Fsp3) is 0.222. The quantitative estimate of drug-likeness (QED) is 0.491. The van der Waals surface area contributed by atoms with Crippen LogP contribution in [0, 0.1) is 0 Å². The summed E-state index contributed by atoms with van der Waals surface area (Å²) in [5, 5.41) is 0. The number of aromatic nitrogens is 6. The van der Waals surface area contributed by atoms with Crippen molar-refractivity contribution in [2.75, 3.05) is 13.2 Å². The first-order valence-corrected chi connectivity index (χ1v) is 8.56. The van der Waals surface area contributed by atoms with Crippen LogP contribution < -0.4 is 0 Å². The van der Waals surface area contributed by atoms with Crippen LogP contribution in [0.1, 0.15) is 34.8 Å². The van der Waals surface area contributed by atoms with E-state index in [1.165, 1.54) is 6.20 Å². The normalized spacial score (nSPS) is 10.4. The standard InChI is InChI=1S/2C9H9N3O2/c1-2-14-8(13)7-6-12-5-3-4-10-9(12)11-7;1-2-14-8(13)7-6-11-9-10-4-3-5-12(7)9/h2*3-6H,2H2,1H3. The van der Waals surface area contributed by atoms with Crippen molar-refractivity contribution in [3.63, 3.8) is 0 Å². The van der Waals surface area contributed by atoms with E-state index >= 15 is 0 Å². The lowest BCUT2D eigenvalue weighted by molar-refractivity contribution is 0.0509. The fourth-order valence-corrected chi connectivity index (χ4v) is 2.32. The van der Waals surface area contributed by atoms with Crippen LogP contribution in [0.15, 0.2) is 49.3 Å². The van der Waals surface area contributed by atoms with E-state index in [1.54, 1.807) is 65.8 Å². The largest absolute Gasteiger partial charge is 0.461 e. The monoisotopic (exact) mass is 382 g/mol. The third-order valence-electron chi connectivity index (χ3n) is 3.49. The minimum Gasteiger partial charge on any atom is -0.461 e. The van der Waals surface area contributed by atoms with E-state index in [0.29, 0.717) is 30.5 Å². The highest BCUT2D eigenvalue weighted by atomic mass is 16.5. The lowest BCUT2D eigenvalue weighted by Crippen LogP contribution is -2.07. The van der Waals surface area contributed by atoms with E-state index in [2.05, 4.69) is 19.9 Å². The van der Waals surface area contributed by atoms with Gasteiger partial charge in [-0.15, -0.1) is 0 Å². The molecule has 0 aromatic carbocycles. The molecule has 0 amide bonds. The Bertz CT molecular complexity index is 1060. The number of rotatable bonds is 4. The maximum Gasteiger partial charge on any atom is 0.358 e. The highest BCUT2D eigenvalue weighted by Crippen LogP contribution is 2.05. The van der Waals surface area contributed by atoms with Gasteiger partial charge in [0.15, 0.2) is 11.4 Å². The van der Waals surface area contributed by atoms with Gasteiger partial charge in [-0.3, -0.25) is 8.80 Å². The van der Waals surface area contributed by atoms with Gasteiger partial charge < -0.3 is 9.47 Å². The SMILES string of the molecule is CCOC(=O)c1cn2cccnc2n1.CCOC(=O)c1cnc2ncccn12. The summed E-state index contributed by atoms with van der Waals surface area (Å²) < 4.78 is 12.9. The molecule has 0 unspecified atom stereocenters. The molecule has 4 aromatic rings. The van der Waals surface area contributed by atoms with Crippen LogP contribution in [0.3, 0.4) is 0 Å². The lowest BCUT2D eigenvalue weighted by Gasteiger charge is -1.99. The first-order chi connectivity index (χ1) is 13.6. The molecule has 10 nitrogen and oxygen atoms in total. The van der Waals surface area contributed by atoms with Gasteiger partial charge >= 0.3 is 11.9 Å². The van der Waals surface area contributed by atoms with Gasteiger partial charge in [-0.05, 0) is 26.0 Å². The second kappa shape index (κ2) is 8.71. The van der Waals surface area contributed by atoms with Crippen LogP contribution in [-0.2, 0) is 9.47 Å². The molecule has 0 radical (unpaired) electrons. The number of imidazole rings is 2. The van der Waals surface area contributed by atoms with Gasteiger partial charge in [-0.25, -0.2) is 29.5 Å². The molecule has 0 N–H and O–H groups in total. The van der Waals surface area contributed by atoms with Gasteiger partial charge in [-0.2, -0.15) is 0 Å². The molecule has 0 aliphatic heterocycles. The Kier molecular flexibility index (Phi) is 5.90. The van der Waals surface area contributed by atoms with Crippen LogP contribution in [0.4, 0.5) is 0 Å². The average molecular weight is 382 g/mol. The molecule has 0 saturated carbocycles. The lowest BCUT2D eigenvalue weighted by atomic mass is 10.5. The average Bonchev–Trinajstić information content (AvgIpc) is 3.33. The van der Waals surface area contributed by atoms with Crippen molar-refractivity contribution in [2.24, 2.45) is 0 Å². The molecular weight excluding hydrogens is 364 g/mol. The van der Waals surface area contributed by atoms with Gasteiger partial charge in [0.05, 0.1) is 19.4 Å². The summed E-state index contributed by atoms with van der Waals surface area (Å²) in [6.45, 7) is 4.22. The number of carbonyl (C=O) groups excluding carboxylic acids is 2. The van der Waals surface area contributed by atoms with Crippen molar-refractivity contribution < 1.29 is 19.1 Å². The van der Waals surface area contributed by atoms with Crippen molar-refractivity contribution in [1.82, 2.24) is 28.7 Å². The number of carbonyl (C=O) groups is 2. The van der Waals surface area contributed by atoms with Gasteiger partial charge in [0, 0.05) is 31.0 Å². The molecule has 0 aliphatic rings. The summed E-state index contributed by atoms with van der Waals surface area (Å²) in [7, 11) is 0. The Morgan fingerprint density at radius 1 is 0.929 bits per heavy atom. The Morgan fingerprint density at radius 3 is 2.32 bits per heavy atom. The fourth-order valence-electron chi connectivity index (χ4n) is 2.32. The summed E-state index contributed by atoms with van der Waals surface area (Å²) in [6.07, 6.45) is 9.80. The number of nitrogens with zero attached hydrogens (tertiary/aromatic N) is 6. The van der Waals surface area contributed by atoms with Crippen molar-refractivity contribution in [1.29, 1.82) is 0 Å². The number of ether oxygens (including phenoxy) is 2. The van der Waals surface area contributed by atoms with Crippen molar-refractivity contribution in [2.45, 2.75) is 13.8 Å². The second-order valence-corrected chi connectivity index (χ2v) is 5.33. The summed E-state index contributed by atoms with van der Waals surface area (Å²) in [6, 6.07) is 3.50. The molecule has 28 heavy (non-hydrogen) atoms. The Labute approximate surface area is 159 Å². The van der Waals surface area contributed by atoms with Crippen LogP contribution in [0.25, 0.3) is 11.6 Å². The maximum absolute atomic E-state index is 11.4. The van der Waals surface area contributed by atoms with E-state index in [0.717, 1.165) is 0 Å². The number of fused-ring (bicyclic) bond motifs is 2. The van der Waals surface area contributed by atoms with Gasteiger partial charge in [0.25, 0.3) is 0 Å². The summed E-state index contributed by atoms with van der Waals surface area (Å²) in [5.41, 5.74) is 0.681. The predicted octanol–water partition coefficient (Wildman–Crippen LogP) is 1.81. The van der Waals surface area contributed by atoms with E-state index < -0.39 is 5.97 Å². The first kappa shape index (κ1) is 19.0. The molecule has 0 fully saturated rings. The molecule has 10 heteroatoms. The first-order valence-electron chi connectivity index (χ1n) is 8.56. The Balaban J connectivity index is 0.000000161. The van der Waals surface area contributed by atoms with E-state index in [4.69, 9.17) is 9.47 Å². The van der Waals surface area contributed by atoms with Crippen molar-refractivity contribution >= 4 is 23.5 Å². The highest BCUT2D eigenvalue weighted by Gasteiger charge is 2.12. The van der Waals surface area contributed by atoms with E-state index in [9.17, 15) is 9.59 Å². The van der Waals surface area contributed by atoms with Crippen LogP contribution in [0.5, 0.6) is 0 Å². The van der Waals surface area contributed by atoms with Crippen LogP contribution >= 0.6 is 0 Å². The van der Waals surface area contributed by atoms with Crippen molar-refractivity contribution in [3.8, 4) is 0 Å². The zero-order valence-corrected chi connectivity index (χ0v) is 15.3. The molecule has 4 aromatic heterocycles. The van der Waals surface area contributed by atoms with Crippen LogP contribution in [-0.4, -0.2) is 53.9 Å². The molecule has 0 bridgehead atoms. The summed E-state index contributed by atoms with van der Waals surface area (Å²) >= 11 is 0. The molecule has 0 atom stereocenters. The molecular formula is C18H18N6O4. The third-order valence-corrected chi connectivity index (χ3v) is 3.49. The smallest absolute Gasteiger partial charge is 0.358 e. The zero-order valence-electron chi connectivity index (χ0n) is 15.3. The maximum atomic E-state index is 11.4. The molecule has 4 heterocycles. The van der Waals surface area contributed by atoms with E-state index in [-0.39, 0.29) is 11.7 Å². The Morgan fingerprint density at radius 2 is 1.61 bits per heavy atom. The number of hydrogen-bond donors (Lipinski definition) is 0. The molecule has 0 saturated heterocycles. The molecule has 4 rings (SSSR count). The predicted molar refractivity (Wildman–Crippen MR) is 97.9 cm³/mol. The number of hydrogen-bond acceptors (Lipinski definition) is 8. The molecule has 144 valence electrons. The van der Waals surface area contributed by atoms with Gasteiger partial charge in [0.2, 0.25) is 11.6 Å². The third kappa shape index (κ3) is 4.11. The Hall–Kier alpha value is -3.82. The van der Waals surface area contributed by atoms with E-state index in [1.807, 2.05) is 0 Å². The second-order valence-electron chi connectivity index (χ2n) is 5.33. The molecule has 0 spiro atoms. The van der Waals surface area contributed by atoms with Crippen LogP contribution in [0.2, 0.25) is 0 Å². The minimum absolute atomic E-state index is 0.283. The molecule has 0 aliphatic carbocycles. The minimum atomic E-state index is -0.419.